The number of hydrogen-bond donors (Lipinski definition) is 1. The first-order valence-corrected chi connectivity index (χ1v) is 9.03. The van der Waals surface area contributed by atoms with Crippen LogP contribution in [0.25, 0.3) is 0 Å². The van der Waals surface area contributed by atoms with E-state index in [-0.39, 0.29) is 17.9 Å². The van der Waals surface area contributed by atoms with Crippen LogP contribution in [-0.2, 0) is 4.79 Å². The molecule has 0 spiro atoms. The van der Waals surface area contributed by atoms with Crippen LogP contribution >= 0.6 is 0 Å². The third-order valence-corrected chi connectivity index (χ3v) is 5.07. The van der Waals surface area contributed by atoms with Gasteiger partial charge in [-0.1, -0.05) is 31.2 Å². The number of hydrogen-bond acceptors (Lipinski definition) is 4. The van der Waals surface area contributed by atoms with Gasteiger partial charge < -0.3 is 10.2 Å². The Bertz CT molecular complexity index is 696. The smallest absolute Gasteiger partial charge is 0.224 e. The number of aromatic nitrogens is 2. The molecule has 132 valence electrons. The van der Waals surface area contributed by atoms with Gasteiger partial charge in [-0.2, -0.15) is 0 Å². The van der Waals surface area contributed by atoms with Crippen molar-refractivity contribution in [3.63, 3.8) is 0 Å². The summed E-state index contributed by atoms with van der Waals surface area (Å²) in [6.45, 7) is 7.27. The van der Waals surface area contributed by atoms with E-state index in [0.29, 0.717) is 0 Å². The van der Waals surface area contributed by atoms with Crippen molar-refractivity contribution < 1.29 is 4.79 Å². The lowest BCUT2D eigenvalue weighted by Gasteiger charge is -2.31. The van der Waals surface area contributed by atoms with E-state index in [4.69, 9.17) is 0 Å². The lowest BCUT2D eigenvalue weighted by molar-refractivity contribution is -0.127. The van der Waals surface area contributed by atoms with Crippen molar-refractivity contribution in [3.05, 3.63) is 59.7 Å². The molecule has 3 rings (SSSR count). The van der Waals surface area contributed by atoms with Crippen molar-refractivity contribution in [2.45, 2.75) is 32.7 Å². The standard InChI is InChI=1S/C20H26N4O/c1-3-24-12-8-16(9-13-24)20(25)23-19(18-14-21-10-11-22-18)17-7-5-4-6-15(17)2/h4-7,10-11,14,16,19H,3,8-9,12-13H2,1-2H3,(H,23,25). The Balaban J connectivity index is 1.79. The largest absolute Gasteiger partial charge is 0.343 e. The topological polar surface area (TPSA) is 58.1 Å². The van der Waals surface area contributed by atoms with Gasteiger partial charge >= 0.3 is 0 Å². The highest BCUT2D eigenvalue weighted by Crippen LogP contribution is 2.25. The zero-order valence-corrected chi connectivity index (χ0v) is 15.0. The molecule has 0 saturated carbocycles. The minimum atomic E-state index is -0.258. The highest BCUT2D eigenvalue weighted by atomic mass is 16.2. The molecule has 1 amide bonds. The molecule has 1 saturated heterocycles. The van der Waals surface area contributed by atoms with Gasteiger partial charge in [-0.05, 0) is 50.5 Å². The molecule has 1 N–H and O–H groups in total. The predicted octanol–water partition coefficient (Wildman–Crippen LogP) is 2.72. The molecule has 1 aromatic carbocycles. The molecule has 1 fully saturated rings. The molecule has 1 aromatic heterocycles. The number of likely N-dealkylation sites (tertiary alicyclic amines) is 1. The van der Waals surface area contributed by atoms with E-state index in [2.05, 4.69) is 46.2 Å². The second-order valence-electron chi connectivity index (χ2n) is 6.64. The van der Waals surface area contributed by atoms with Crippen molar-refractivity contribution in [1.82, 2.24) is 20.2 Å². The van der Waals surface area contributed by atoms with Gasteiger partial charge in [-0.25, -0.2) is 0 Å². The molecule has 1 aliphatic heterocycles. The van der Waals surface area contributed by atoms with E-state index in [1.807, 2.05) is 12.1 Å². The third kappa shape index (κ3) is 4.23. The van der Waals surface area contributed by atoms with Crippen LogP contribution in [0.4, 0.5) is 0 Å². The van der Waals surface area contributed by atoms with E-state index >= 15 is 0 Å². The van der Waals surface area contributed by atoms with Crippen LogP contribution in [0.3, 0.4) is 0 Å². The van der Waals surface area contributed by atoms with E-state index in [0.717, 1.165) is 49.3 Å². The lowest BCUT2D eigenvalue weighted by atomic mass is 9.93. The highest BCUT2D eigenvalue weighted by Gasteiger charge is 2.27. The van der Waals surface area contributed by atoms with Gasteiger partial charge in [0, 0.05) is 18.3 Å². The Morgan fingerprint density at radius 3 is 2.68 bits per heavy atom. The first-order valence-electron chi connectivity index (χ1n) is 9.03. The fraction of sp³-hybridized carbons (Fsp3) is 0.450. The fourth-order valence-electron chi connectivity index (χ4n) is 3.45. The Hall–Kier alpha value is -2.27. The zero-order chi connectivity index (χ0) is 17.6. The molecule has 1 aliphatic rings. The van der Waals surface area contributed by atoms with Crippen molar-refractivity contribution in [2.75, 3.05) is 19.6 Å². The number of aryl methyl sites for hydroxylation is 1. The molecule has 0 radical (unpaired) electrons. The summed E-state index contributed by atoms with van der Waals surface area (Å²) in [4.78, 5) is 23.9. The van der Waals surface area contributed by atoms with Gasteiger partial charge in [-0.3, -0.25) is 14.8 Å². The number of benzene rings is 1. The van der Waals surface area contributed by atoms with Crippen molar-refractivity contribution in [1.29, 1.82) is 0 Å². The van der Waals surface area contributed by atoms with Crippen molar-refractivity contribution in [2.24, 2.45) is 5.92 Å². The minimum Gasteiger partial charge on any atom is -0.343 e. The fourth-order valence-corrected chi connectivity index (χ4v) is 3.45. The Morgan fingerprint density at radius 2 is 2.04 bits per heavy atom. The van der Waals surface area contributed by atoms with Crippen LogP contribution in [0, 0.1) is 12.8 Å². The number of rotatable bonds is 5. The number of carbonyl (C=O) groups is 1. The zero-order valence-electron chi connectivity index (χ0n) is 15.0. The summed E-state index contributed by atoms with van der Waals surface area (Å²) in [6, 6.07) is 7.86. The molecule has 5 heteroatoms. The van der Waals surface area contributed by atoms with Crippen LogP contribution in [0.2, 0.25) is 0 Å². The van der Waals surface area contributed by atoms with Crippen LogP contribution in [0.5, 0.6) is 0 Å². The van der Waals surface area contributed by atoms with E-state index < -0.39 is 0 Å². The van der Waals surface area contributed by atoms with E-state index in [1.54, 1.807) is 18.6 Å². The van der Waals surface area contributed by atoms with E-state index in [9.17, 15) is 4.79 Å². The second kappa shape index (κ2) is 8.21. The van der Waals surface area contributed by atoms with Gasteiger partial charge in [0.1, 0.15) is 0 Å². The van der Waals surface area contributed by atoms with Gasteiger partial charge in [0.25, 0.3) is 0 Å². The summed E-state index contributed by atoms with van der Waals surface area (Å²) in [6.07, 6.45) is 6.89. The molecule has 1 unspecified atom stereocenters. The summed E-state index contributed by atoms with van der Waals surface area (Å²) in [5, 5.41) is 3.23. The maximum atomic E-state index is 12.9. The summed E-state index contributed by atoms with van der Waals surface area (Å²) in [7, 11) is 0. The third-order valence-electron chi connectivity index (χ3n) is 5.07. The van der Waals surface area contributed by atoms with Gasteiger partial charge in [0.15, 0.2) is 0 Å². The Kier molecular flexibility index (Phi) is 5.76. The number of nitrogens with one attached hydrogen (secondary N) is 1. The molecule has 0 aliphatic carbocycles. The first kappa shape index (κ1) is 17.5. The molecule has 0 bridgehead atoms. The van der Waals surface area contributed by atoms with Gasteiger partial charge in [0.05, 0.1) is 17.9 Å². The van der Waals surface area contributed by atoms with Crippen LogP contribution in [-0.4, -0.2) is 40.4 Å². The monoisotopic (exact) mass is 338 g/mol. The summed E-state index contributed by atoms with van der Waals surface area (Å²) < 4.78 is 0. The lowest BCUT2D eigenvalue weighted by Crippen LogP contribution is -2.41. The Morgan fingerprint density at radius 1 is 1.28 bits per heavy atom. The Labute approximate surface area is 149 Å². The molecule has 2 heterocycles. The van der Waals surface area contributed by atoms with Crippen LogP contribution in [0.15, 0.2) is 42.9 Å². The highest BCUT2D eigenvalue weighted by molar-refractivity contribution is 5.79. The molecule has 2 aromatic rings. The maximum Gasteiger partial charge on any atom is 0.224 e. The molecular formula is C20H26N4O. The summed E-state index contributed by atoms with van der Waals surface area (Å²) in [5.41, 5.74) is 2.98. The quantitative estimate of drug-likeness (QED) is 0.911. The minimum absolute atomic E-state index is 0.0750. The average Bonchev–Trinajstić information content (AvgIpc) is 2.67. The van der Waals surface area contributed by atoms with Crippen LogP contribution < -0.4 is 5.32 Å². The van der Waals surface area contributed by atoms with Crippen molar-refractivity contribution >= 4 is 5.91 Å². The molecule has 1 atom stereocenters. The van der Waals surface area contributed by atoms with Crippen molar-refractivity contribution in [3.8, 4) is 0 Å². The average molecular weight is 338 g/mol. The first-order chi connectivity index (χ1) is 12.2. The summed E-state index contributed by atoms with van der Waals surface area (Å²) in [5.74, 6) is 0.195. The number of nitrogens with zero attached hydrogens (tertiary/aromatic N) is 3. The molecule has 25 heavy (non-hydrogen) atoms. The maximum absolute atomic E-state index is 12.9. The molecule has 5 nitrogen and oxygen atoms in total. The van der Waals surface area contributed by atoms with E-state index in [1.165, 1.54) is 0 Å². The SMILES string of the molecule is CCN1CCC(C(=O)NC(c2cnccn2)c2ccccc2C)CC1. The number of amides is 1. The van der Waals surface area contributed by atoms with Gasteiger partial charge in [0.2, 0.25) is 5.91 Å². The van der Waals surface area contributed by atoms with Crippen LogP contribution in [0.1, 0.15) is 42.6 Å². The number of carbonyl (C=O) groups excluding carboxylic acids is 1. The van der Waals surface area contributed by atoms with Gasteiger partial charge in [-0.15, -0.1) is 0 Å². The second-order valence-corrected chi connectivity index (χ2v) is 6.64. The molecular weight excluding hydrogens is 312 g/mol. The summed E-state index contributed by atoms with van der Waals surface area (Å²) >= 11 is 0. The normalized spacial score (nSPS) is 17.2. The number of piperidine rings is 1. The predicted molar refractivity (Wildman–Crippen MR) is 98.0 cm³/mol.